The van der Waals surface area contributed by atoms with E-state index in [0.717, 1.165) is 6.54 Å². The molecule has 0 saturated heterocycles. The van der Waals surface area contributed by atoms with Crippen LogP contribution in [0.15, 0.2) is 0 Å². The number of aliphatic hydroxyl groups excluding tert-OH is 1. The Morgan fingerprint density at radius 3 is 1.21 bits per heavy atom. The number of nitrogens with one attached hydrogen (secondary N) is 1. The first kappa shape index (κ1) is 26.4. The monoisotopic (exact) mass is 363 g/mol. The first-order valence-corrected chi connectivity index (χ1v) is 10.7. The van der Waals surface area contributed by atoms with Crippen molar-refractivity contribution in [3.8, 4) is 0 Å². The van der Waals surface area contributed by atoms with Gasteiger partial charge >= 0.3 is 0 Å². The molecule has 0 aliphatic heterocycles. The van der Waals surface area contributed by atoms with Crippen LogP contribution in [0.4, 0.5) is 0 Å². The molecule has 1 unspecified atom stereocenters. The maximum atomic E-state index is 8.85. The summed E-state index contributed by atoms with van der Waals surface area (Å²) >= 11 is 0. The Morgan fingerprint density at radius 2 is 0.875 bits per heavy atom. The van der Waals surface area contributed by atoms with Gasteiger partial charge in [0.15, 0.2) is 0 Å². The number of hydrogen-bond donors (Lipinski definition) is 2. The molecular weight excluding hydrogens is 318 g/mol. The zero-order valence-electron chi connectivity index (χ0n) is 16.8. The first-order valence-electron chi connectivity index (χ1n) is 10.7. The molecule has 1 atom stereocenters. The lowest BCUT2D eigenvalue weighted by molar-refractivity contribution is -0.880. The fourth-order valence-electron chi connectivity index (χ4n) is 3.29. The van der Waals surface area contributed by atoms with E-state index >= 15 is 0 Å². The van der Waals surface area contributed by atoms with Gasteiger partial charge in [0.05, 0.1) is 20.2 Å². The van der Waals surface area contributed by atoms with E-state index in [9.17, 15) is 0 Å². The average molecular weight is 364 g/mol. The van der Waals surface area contributed by atoms with E-state index in [-0.39, 0.29) is 12.4 Å². The zero-order chi connectivity index (χ0) is 17.0. The second-order valence-electron chi connectivity index (χ2n) is 7.48. The smallest absolute Gasteiger partial charge is 0.100 e. The molecule has 0 fully saturated rings. The van der Waals surface area contributed by atoms with Gasteiger partial charge < -0.3 is 22.4 Å². The van der Waals surface area contributed by atoms with E-state index in [4.69, 9.17) is 5.11 Å². The summed E-state index contributed by atoms with van der Waals surface area (Å²) in [6.07, 6.45) is 22.9. The zero-order valence-corrected chi connectivity index (χ0v) is 17.5. The van der Waals surface area contributed by atoms with E-state index in [2.05, 4.69) is 14.0 Å². The summed E-state index contributed by atoms with van der Waals surface area (Å²) in [5.41, 5.74) is 0. The lowest BCUT2D eigenvalue weighted by Gasteiger charge is -2.11. The fraction of sp³-hybridized carbons (Fsp3) is 1.00. The summed E-state index contributed by atoms with van der Waals surface area (Å²) in [4.78, 5) is 1.47. The predicted octanol–water partition coefficient (Wildman–Crippen LogP) is 1.76. The van der Waals surface area contributed by atoms with Crippen molar-refractivity contribution in [3.05, 3.63) is 0 Å². The Balaban J connectivity index is 0. The number of unbranched alkanes of at least 4 members (excludes halogenated alkanes) is 15. The van der Waals surface area contributed by atoms with E-state index in [1.807, 2.05) is 0 Å². The van der Waals surface area contributed by atoms with E-state index < -0.39 is 0 Å². The van der Waals surface area contributed by atoms with Crippen molar-refractivity contribution in [2.45, 2.75) is 110 Å². The molecule has 2 nitrogen and oxygen atoms in total. The highest BCUT2D eigenvalue weighted by molar-refractivity contribution is 4.49. The molecule has 0 radical (unpaired) electrons. The van der Waals surface area contributed by atoms with Crippen molar-refractivity contribution in [2.75, 3.05) is 26.7 Å². The Morgan fingerprint density at radius 1 is 0.542 bits per heavy atom. The Kier molecular flexibility index (Phi) is 25.6. The maximum Gasteiger partial charge on any atom is 0.100 e. The molecular formula is C21H46ClNO. The molecule has 0 saturated carbocycles. The molecule has 0 rings (SSSR count). The van der Waals surface area contributed by atoms with Crippen LogP contribution in [0, 0.1) is 0 Å². The van der Waals surface area contributed by atoms with Crippen molar-refractivity contribution in [3.63, 3.8) is 0 Å². The normalized spacial score (nSPS) is 12.1. The van der Waals surface area contributed by atoms with Crippen LogP contribution in [-0.2, 0) is 0 Å². The molecule has 0 aromatic carbocycles. The summed E-state index contributed by atoms with van der Waals surface area (Å²) in [6, 6.07) is 0. The van der Waals surface area contributed by atoms with Crippen LogP contribution >= 0.6 is 0 Å². The average Bonchev–Trinajstić information content (AvgIpc) is 2.54. The second-order valence-corrected chi connectivity index (χ2v) is 7.48. The summed E-state index contributed by atoms with van der Waals surface area (Å²) in [7, 11) is 2.18. The molecule has 148 valence electrons. The summed E-state index contributed by atoms with van der Waals surface area (Å²) in [5.74, 6) is 0. The fourth-order valence-corrected chi connectivity index (χ4v) is 3.29. The molecule has 0 aromatic heterocycles. The number of likely N-dealkylation sites (N-methyl/N-ethyl adjacent to an activating group) is 1. The van der Waals surface area contributed by atoms with Gasteiger partial charge in [-0.05, 0) is 12.8 Å². The van der Waals surface area contributed by atoms with Crippen LogP contribution in [0.5, 0.6) is 0 Å². The number of aliphatic hydroxyl groups is 1. The van der Waals surface area contributed by atoms with Gasteiger partial charge in [0.25, 0.3) is 0 Å². The topological polar surface area (TPSA) is 24.7 Å². The molecule has 0 aromatic rings. The summed E-state index contributed by atoms with van der Waals surface area (Å²) < 4.78 is 0. The van der Waals surface area contributed by atoms with Crippen molar-refractivity contribution >= 4 is 0 Å². The summed E-state index contributed by atoms with van der Waals surface area (Å²) in [6.45, 7) is 4.74. The second kappa shape index (κ2) is 23.2. The van der Waals surface area contributed by atoms with Crippen LogP contribution in [0.2, 0.25) is 0 Å². The maximum absolute atomic E-state index is 8.85. The van der Waals surface area contributed by atoms with E-state index in [1.165, 1.54) is 114 Å². The Labute approximate surface area is 159 Å². The third-order valence-electron chi connectivity index (χ3n) is 5.00. The SMILES string of the molecule is CCCCCCCCCCCCCCCCCC[NH+](C)CCO.[Cl-]. The largest absolute Gasteiger partial charge is 1.00 e. The molecule has 0 aliphatic carbocycles. The van der Waals surface area contributed by atoms with Gasteiger partial charge in [-0.1, -0.05) is 96.8 Å². The van der Waals surface area contributed by atoms with Crippen LogP contribution in [0.1, 0.15) is 110 Å². The van der Waals surface area contributed by atoms with Gasteiger partial charge in [0, 0.05) is 0 Å². The highest BCUT2D eigenvalue weighted by atomic mass is 35.5. The minimum absolute atomic E-state index is 0. The van der Waals surface area contributed by atoms with Crippen LogP contribution in [-0.4, -0.2) is 31.9 Å². The van der Waals surface area contributed by atoms with Gasteiger partial charge in [-0.25, -0.2) is 0 Å². The molecule has 3 heteroatoms. The third-order valence-corrected chi connectivity index (χ3v) is 5.00. The molecule has 2 N–H and O–H groups in total. The van der Waals surface area contributed by atoms with Gasteiger partial charge in [-0.3, -0.25) is 0 Å². The predicted molar refractivity (Wildman–Crippen MR) is 103 cm³/mol. The van der Waals surface area contributed by atoms with Crippen molar-refractivity contribution < 1.29 is 22.4 Å². The van der Waals surface area contributed by atoms with Gasteiger partial charge in [-0.15, -0.1) is 0 Å². The lowest BCUT2D eigenvalue weighted by Crippen LogP contribution is -3.09. The van der Waals surface area contributed by atoms with Gasteiger partial charge in [-0.2, -0.15) is 0 Å². The van der Waals surface area contributed by atoms with Crippen molar-refractivity contribution in [1.29, 1.82) is 0 Å². The standard InChI is InChI=1S/C21H45NO.ClH/c1-3-4-5-6-7-8-9-10-11-12-13-14-15-16-17-18-19-22(2)20-21-23;/h23H,3-21H2,1-2H3;1H. The quantitative estimate of drug-likeness (QED) is 0.336. The summed E-state index contributed by atoms with van der Waals surface area (Å²) in [5, 5.41) is 8.85. The molecule has 0 aliphatic rings. The van der Waals surface area contributed by atoms with E-state index in [0.29, 0.717) is 6.61 Å². The van der Waals surface area contributed by atoms with Crippen LogP contribution < -0.4 is 17.3 Å². The van der Waals surface area contributed by atoms with Crippen molar-refractivity contribution in [1.82, 2.24) is 0 Å². The number of hydrogen-bond acceptors (Lipinski definition) is 1. The van der Waals surface area contributed by atoms with Gasteiger partial charge in [0.2, 0.25) is 0 Å². The van der Waals surface area contributed by atoms with Crippen molar-refractivity contribution in [2.24, 2.45) is 0 Å². The highest BCUT2D eigenvalue weighted by Gasteiger charge is 1.99. The van der Waals surface area contributed by atoms with Gasteiger partial charge in [0.1, 0.15) is 6.54 Å². The number of halogens is 1. The van der Waals surface area contributed by atoms with Crippen LogP contribution in [0.3, 0.4) is 0 Å². The molecule has 0 amide bonds. The van der Waals surface area contributed by atoms with Crippen LogP contribution in [0.25, 0.3) is 0 Å². The third kappa shape index (κ3) is 22.2. The molecule has 0 spiro atoms. The van der Waals surface area contributed by atoms with E-state index in [1.54, 1.807) is 0 Å². The number of quaternary nitrogens is 1. The molecule has 24 heavy (non-hydrogen) atoms. The molecule has 0 heterocycles. The highest BCUT2D eigenvalue weighted by Crippen LogP contribution is 2.13. The minimum Gasteiger partial charge on any atom is -1.00 e. The Bertz CT molecular complexity index is 214. The first-order chi connectivity index (χ1) is 11.3. The number of rotatable bonds is 19. The Hall–Kier alpha value is 0.210. The lowest BCUT2D eigenvalue weighted by atomic mass is 10.0. The molecule has 0 bridgehead atoms. The minimum atomic E-state index is 0.